The van der Waals surface area contributed by atoms with Crippen molar-refractivity contribution in [3.05, 3.63) is 88.4 Å². The van der Waals surface area contributed by atoms with Crippen LogP contribution in [0.4, 0.5) is 5.69 Å². The van der Waals surface area contributed by atoms with E-state index in [1.165, 1.54) is 30.3 Å². The van der Waals surface area contributed by atoms with Crippen LogP contribution in [0.15, 0.2) is 77.7 Å². The van der Waals surface area contributed by atoms with Crippen LogP contribution in [0.5, 0.6) is 5.75 Å². The summed E-state index contributed by atoms with van der Waals surface area (Å²) in [5.41, 5.74) is 1.13. The standard InChI is InChI=1S/C23H22Cl2N2O4S/c1-2-31-21-8-10-22(11-9-21)32(29,30)27(15-17-6-4-3-5-7-17)16-23(28)26-20-13-18(24)12-19(25)14-20/h3-14H,2,15-16H2,1H3,(H,26,28). The number of nitrogens with zero attached hydrogens (tertiary/aromatic N) is 1. The van der Waals surface area contributed by atoms with Crippen LogP contribution in [0, 0.1) is 0 Å². The lowest BCUT2D eigenvalue weighted by molar-refractivity contribution is -0.116. The van der Waals surface area contributed by atoms with E-state index in [0.29, 0.717) is 28.1 Å². The van der Waals surface area contributed by atoms with Crippen molar-refractivity contribution in [1.29, 1.82) is 0 Å². The van der Waals surface area contributed by atoms with E-state index in [2.05, 4.69) is 5.32 Å². The first-order valence-corrected chi connectivity index (χ1v) is 12.0. The first-order valence-electron chi connectivity index (χ1n) is 9.81. The van der Waals surface area contributed by atoms with Gasteiger partial charge in [0.25, 0.3) is 0 Å². The van der Waals surface area contributed by atoms with E-state index in [9.17, 15) is 13.2 Å². The molecule has 0 heterocycles. The Morgan fingerprint density at radius 1 is 0.969 bits per heavy atom. The summed E-state index contributed by atoms with van der Waals surface area (Å²) in [5.74, 6) is 0.0467. The summed E-state index contributed by atoms with van der Waals surface area (Å²) in [6.45, 7) is 1.95. The number of nitrogens with one attached hydrogen (secondary N) is 1. The zero-order valence-electron chi connectivity index (χ0n) is 17.3. The highest BCUT2D eigenvalue weighted by Crippen LogP contribution is 2.24. The second-order valence-corrected chi connectivity index (χ2v) is 9.68. The quantitative estimate of drug-likeness (QED) is 0.444. The number of ether oxygens (including phenoxy) is 1. The number of sulfonamides is 1. The molecule has 0 spiro atoms. The van der Waals surface area contributed by atoms with Gasteiger partial charge in [-0.05, 0) is 55.0 Å². The summed E-state index contributed by atoms with van der Waals surface area (Å²) in [5, 5.41) is 3.37. The van der Waals surface area contributed by atoms with E-state index in [0.717, 1.165) is 9.87 Å². The summed E-state index contributed by atoms with van der Waals surface area (Å²) in [7, 11) is -3.97. The van der Waals surface area contributed by atoms with Gasteiger partial charge in [-0.25, -0.2) is 8.42 Å². The molecule has 0 aliphatic heterocycles. The van der Waals surface area contributed by atoms with Crippen molar-refractivity contribution >= 4 is 44.8 Å². The minimum atomic E-state index is -3.97. The van der Waals surface area contributed by atoms with Crippen LogP contribution >= 0.6 is 23.2 Å². The molecule has 0 aromatic heterocycles. The third-order valence-electron chi connectivity index (χ3n) is 4.44. The molecule has 0 fully saturated rings. The Morgan fingerprint density at radius 3 is 2.19 bits per heavy atom. The van der Waals surface area contributed by atoms with Crippen molar-refractivity contribution in [3.8, 4) is 5.75 Å². The first-order chi connectivity index (χ1) is 15.3. The van der Waals surface area contributed by atoms with Gasteiger partial charge in [-0.15, -0.1) is 0 Å². The Kier molecular flexibility index (Phi) is 8.15. The van der Waals surface area contributed by atoms with Crippen molar-refractivity contribution < 1.29 is 17.9 Å². The van der Waals surface area contributed by atoms with Crippen molar-refractivity contribution in [2.75, 3.05) is 18.5 Å². The summed E-state index contributed by atoms with van der Waals surface area (Å²) < 4.78 is 33.2. The second-order valence-electron chi connectivity index (χ2n) is 6.87. The smallest absolute Gasteiger partial charge is 0.243 e. The molecule has 0 bridgehead atoms. The summed E-state index contributed by atoms with van der Waals surface area (Å²) >= 11 is 12.0. The zero-order chi connectivity index (χ0) is 23.1. The number of rotatable bonds is 9. The predicted molar refractivity (Wildman–Crippen MR) is 127 cm³/mol. The normalized spacial score (nSPS) is 11.4. The molecule has 0 aliphatic carbocycles. The van der Waals surface area contributed by atoms with E-state index in [4.69, 9.17) is 27.9 Å². The molecule has 0 atom stereocenters. The molecular formula is C23H22Cl2N2O4S. The molecule has 0 saturated heterocycles. The second kappa shape index (κ2) is 10.8. The number of hydrogen-bond acceptors (Lipinski definition) is 4. The monoisotopic (exact) mass is 492 g/mol. The summed E-state index contributed by atoms with van der Waals surface area (Å²) in [4.78, 5) is 12.8. The van der Waals surface area contributed by atoms with E-state index in [1.807, 2.05) is 25.1 Å². The van der Waals surface area contributed by atoms with Gasteiger partial charge in [-0.1, -0.05) is 53.5 Å². The number of halogens is 2. The van der Waals surface area contributed by atoms with Gasteiger partial charge in [0.05, 0.1) is 18.0 Å². The average molecular weight is 493 g/mol. The van der Waals surface area contributed by atoms with E-state index < -0.39 is 22.5 Å². The van der Waals surface area contributed by atoms with Crippen LogP contribution in [0.2, 0.25) is 10.0 Å². The third-order valence-corrected chi connectivity index (χ3v) is 6.68. The minimum Gasteiger partial charge on any atom is -0.494 e. The molecule has 0 saturated carbocycles. The highest BCUT2D eigenvalue weighted by atomic mass is 35.5. The van der Waals surface area contributed by atoms with Crippen molar-refractivity contribution in [3.63, 3.8) is 0 Å². The number of amides is 1. The van der Waals surface area contributed by atoms with Crippen LogP contribution in [-0.2, 0) is 21.4 Å². The van der Waals surface area contributed by atoms with Crippen LogP contribution in [-0.4, -0.2) is 31.8 Å². The van der Waals surface area contributed by atoms with Crippen LogP contribution in [0.3, 0.4) is 0 Å². The summed E-state index contributed by atoms with van der Waals surface area (Å²) in [6.07, 6.45) is 0. The largest absolute Gasteiger partial charge is 0.494 e. The van der Waals surface area contributed by atoms with Gasteiger partial charge >= 0.3 is 0 Å². The van der Waals surface area contributed by atoms with Crippen LogP contribution in [0.25, 0.3) is 0 Å². The third kappa shape index (κ3) is 6.46. The van der Waals surface area contributed by atoms with Crippen molar-refractivity contribution in [2.45, 2.75) is 18.4 Å². The molecule has 0 radical (unpaired) electrons. The Labute approximate surface area is 197 Å². The Hall–Kier alpha value is -2.58. The Balaban J connectivity index is 1.86. The maximum absolute atomic E-state index is 13.4. The average Bonchev–Trinajstić information content (AvgIpc) is 2.74. The molecule has 3 aromatic carbocycles. The fourth-order valence-corrected chi connectivity index (χ4v) is 4.93. The maximum Gasteiger partial charge on any atom is 0.243 e. The molecule has 3 aromatic rings. The van der Waals surface area contributed by atoms with Gasteiger partial charge in [-0.3, -0.25) is 4.79 Å². The van der Waals surface area contributed by atoms with Gasteiger partial charge in [0.2, 0.25) is 15.9 Å². The molecule has 1 amide bonds. The molecule has 3 rings (SSSR count). The molecule has 0 aliphatic rings. The topological polar surface area (TPSA) is 75.7 Å². The number of anilines is 1. The van der Waals surface area contributed by atoms with Crippen LogP contribution < -0.4 is 10.1 Å². The molecule has 9 heteroatoms. The molecule has 1 N–H and O–H groups in total. The fraction of sp³-hybridized carbons (Fsp3) is 0.174. The van der Waals surface area contributed by atoms with Crippen LogP contribution in [0.1, 0.15) is 12.5 Å². The minimum absolute atomic E-state index is 0.0279. The predicted octanol–water partition coefficient (Wildman–Crippen LogP) is 5.22. The highest BCUT2D eigenvalue weighted by Gasteiger charge is 2.27. The van der Waals surface area contributed by atoms with Crippen molar-refractivity contribution in [2.24, 2.45) is 0 Å². The van der Waals surface area contributed by atoms with Crippen molar-refractivity contribution in [1.82, 2.24) is 4.31 Å². The van der Waals surface area contributed by atoms with Gasteiger partial charge in [0, 0.05) is 22.3 Å². The molecule has 0 unspecified atom stereocenters. The maximum atomic E-state index is 13.4. The zero-order valence-corrected chi connectivity index (χ0v) is 19.6. The fourth-order valence-electron chi connectivity index (χ4n) is 3.02. The molecule has 6 nitrogen and oxygen atoms in total. The lowest BCUT2D eigenvalue weighted by Crippen LogP contribution is -2.37. The molecule has 168 valence electrons. The number of carbonyl (C=O) groups excluding carboxylic acids is 1. The number of hydrogen-bond donors (Lipinski definition) is 1. The molecule has 32 heavy (non-hydrogen) atoms. The first kappa shape index (κ1) is 24.1. The van der Waals surface area contributed by atoms with Gasteiger partial charge in [0.1, 0.15) is 5.75 Å². The molecular weight excluding hydrogens is 471 g/mol. The summed E-state index contributed by atoms with van der Waals surface area (Å²) in [6, 6.07) is 19.8. The number of carbonyl (C=O) groups is 1. The van der Waals surface area contributed by atoms with Gasteiger partial charge in [-0.2, -0.15) is 4.31 Å². The van der Waals surface area contributed by atoms with Gasteiger partial charge in [0.15, 0.2) is 0 Å². The van der Waals surface area contributed by atoms with E-state index >= 15 is 0 Å². The SMILES string of the molecule is CCOc1ccc(S(=O)(=O)N(CC(=O)Nc2cc(Cl)cc(Cl)c2)Cc2ccccc2)cc1. The Morgan fingerprint density at radius 2 is 1.59 bits per heavy atom. The Bertz CT molecular complexity index is 1150. The lowest BCUT2D eigenvalue weighted by atomic mass is 10.2. The number of benzene rings is 3. The van der Waals surface area contributed by atoms with E-state index in [1.54, 1.807) is 24.3 Å². The van der Waals surface area contributed by atoms with Gasteiger partial charge < -0.3 is 10.1 Å². The highest BCUT2D eigenvalue weighted by molar-refractivity contribution is 7.89. The lowest BCUT2D eigenvalue weighted by Gasteiger charge is -2.22. The van der Waals surface area contributed by atoms with E-state index in [-0.39, 0.29) is 11.4 Å².